The van der Waals surface area contributed by atoms with Gasteiger partial charge in [0.05, 0.1) is 7.11 Å². The van der Waals surface area contributed by atoms with Crippen molar-refractivity contribution in [3.63, 3.8) is 0 Å². The largest absolute Gasteiger partial charge is 0.504 e. The van der Waals surface area contributed by atoms with E-state index in [1.165, 1.54) is 4.88 Å². The molecule has 0 bridgehead atoms. The van der Waals surface area contributed by atoms with E-state index in [4.69, 9.17) is 4.74 Å². The SMILES string of the molecule is COc1cc(C(C)NCc2sccc2Br)ccc1O. The molecular formula is C14H16BrNO2S. The number of hydrogen-bond acceptors (Lipinski definition) is 4. The van der Waals surface area contributed by atoms with Gasteiger partial charge in [-0.1, -0.05) is 6.07 Å². The average molecular weight is 342 g/mol. The van der Waals surface area contributed by atoms with Crippen LogP contribution in [0, 0.1) is 0 Å². The number of methoxy groups -OCH3 is 1. The van der Waals surface area contributed by atoms with Crippen LogP contribution in [-0.4, -0.2) is 12.2 Å². The van der Waals surface area contributed by atoms with Crippen LogP contribution in [0.2, 0.25) is 0 Å². The number of thiophene rings is 1. The molecule has 0 fully saturated rings. The van der Waals surface area contributed by atoms with Gasteiger partial charge < -0.3 is 15.2 Å². The van der Waals surface area contributed by atoms with Gasteiger partial charge in [0.2, 0.25) is 0 Å². The van der Waals surface area contributed by atoms with Gasteiger partial charge in [0.1, 0.15) is 0 Å². The van der Waals surface area contributed by atoms with E-state index in [1.54, 1.807) is 24.5 Å². The third kappa shape index (κ3) is 3.49. The minimum absolute atomic E-state index is 0.166. The molecule has 102 valence electrons. The molecule has 5 heteroatoms. The van der Waals surface area contributed by atoms with Crippen molar-refractivity contribution >= 4 is 27.3 Å². The van der Waals surface area contributed by atoms with E-state index >= 15 is 0 Å². The third-order valence-corrected chi connectivity index (χ3v) is 4.89. The molecule has 0 aliphatic rings. The third-order valence-electron chi connectivity index (χ3n) is 2.96. The van der Waals surface area contributed by atoms with Crippen molar-refractivity contribution in [1.82, 2.24) is 5.32 Å². The summed E-state index contributed by atoms with van der Waals surface area (Å²) in [6.07, 6.45) is 0. The van der Waals surface area contributed by atoms with E-state index in [0.717, 1.165) is 16.6 Å². The van der Waals surface area contributed by atoms with E-state index in [0.29, 0.717) is 5.75 Å². The molecule has 0 aliphatic carbocycles. The first-order chi connectivity index (χ1) is 9.11. The van der Waals surface area contributed by atoms with Gasteiger partial charge >= 0.3 is 0 Å². The number of halogens is 1. The first kappa shape index (κ1) is 14.4. The first-order valence-corrected chi connectivity index (χ1v) is 7.61. The lowest BCUT2D eigenvalue weighted by Crippen LogP contribution is -2.17. The fraction of sp³-hybridized carbons (Fsp3) is 0.286. The second-order valence-corrected chi connectivity index (χ2v) is 6.08. The summed E-state index contributed by atoms with van der Waals surface area (Å²) in [4.78, 5) is 1.28. The summed E-state index contributed by atoms with van der Waals surface area (Å²) < 4.78 is 6.26. The predicted octanol–water partition coefficient (Wildman–Crippen LogP) is 4.08. The summed E-state index contributed by atoms with van der Waals surface area (Å²) >= 11 is 5.25. The molecule has 0 saturated heterocycles. The van der Waals surface area contributed by atoms with Crippen molar-refractivity contribution in [2.45, 2.75) is 19.5 Å². The van der Waals surface area contributed by atoms with Gasteiger partial charge in [-0.25, -0.2) is 0 Å². The van der Waals surface area contributed by atoms with Gasteiger partial charge in [0, 0.05) is 21.9 Å². The Morgan fingerprint density at radius 3 is 2.84 bits per heavy atom. The van der Waals surface area contributed by atoms with Crippen LogP contribution in [0.4, 0.5) is 0 Å². The maximum Gasteiger partial charge on any atom is 0.160 e. The molecule has 2 aromatic rings. The van der Waals surface area contributed by atoms with Crippen LogP contribution in [0.3, 0.4) is 0 Å². The average Bonchev–Trinajstić information content (AvgIpc) is 2.82. The Balaban J connectivity index is 2.03. The normalized spacial score (nSPS) is 12.4. The Kier molecular flexibility index (Phi) is 4.85. The molecule has 1 heterocycles. The van der Waals surface area contributed by atoms with Gasteiger partial charge in [-0.15, -0.1) is 11.3 Å². The Bertz CT molecular complexity index is 556. The molecule has 0 radical (unpaired) electrons. The summed E-state index contributed by atoms with van der Waals surface area (Å²) in [5.41, 5.74) is 1.09. The number of aromatic hydroxyl groups is 1. The van der Waals surface area contributed by atoms with Crippen molar-refractivity contribution in [2.75, 3.05) is 7.11 Å². The van der Waals surface area contributed by atoms with Gasteiger partial charge in [-0.05, 0) is 52.0 Å². The fourth-order valence-electron chi connectivity index (χ4n) is 1.78. The molecule has 19 heavy (non-hydrogen) atoms. The lowest BCUT2D eigenvalue weighted by Gasteiger charge is -2.15. The van der Waals surface area contributed by atoms with Gasteiger partial charge in [-0.2, -0.15) is 0 Å². The zero-order chi connectivity index (χ0) is 13.8. The molecule has 3 nitrogen and oxygen atoms in total. The van der Waals surface area contributed by atoms with Crippen LogP contribution < -0.4 is 10.1 Å². The highest BCUT2D eigenvalue weighted by Gasteiger charge is 2.10. The molecule has 0 aliphatic heterocycles. The molecule has 1 aromatic carbocycles. The number of phenolic OH excluding ortho intramolecular Hbond substituents is 1. The Morgan fingerprint density at radius 1 is 1.42 bits per heavy atom. The maximum atomic E-state index is 9.58. The minimum Gasteiger partial charge on any atom is -0.504 e. The maximum absolute atomic E-state index is 9.58. The molecule has 2 rings (SSSR count). The van der Waals surface area contributed by atoms with Crippen LogP contribution in [0.1, 0.15) is 23.4 Å². The van der Waals surface area contributed by atoms with E-state index in [2.05, 4.69) is 39.6 Å². The summed E-state index contributed by atoms with van der Waals surface area (Å²) in [5, 5.41) is 15.1. The van der Waals surface area contributed by atoms with Gasteiger partial charge in [0.25, 0.3) is 0 Å². The van der Waals surface area contributed by atoms with Gasteiger partial charge in [0.15, 0.2) is 11.5 Å². The van der Waals surface area contributed by atoms with E-state index in [9.17, 15) is 5.11 Å². The second kappa shape index (κ2) is 6.41. The molecule has 1 unspecified atom stereocenters. The lowest BCUT2D eigenvalue weighted by atomic mass is 10.1. The smallest absolute Gasteiger partial charge is 0.160 e. The van der Waals surface area contributed by atoms with Crippen molar-refractivity contribution in [3.05, 3.63) is 44.6 Å². The van der Waals surface area contributed by atoms with Crippen LogP contribution in [0.25, 0.3) is 0 Å². The summed E-state index contributed by atoms with van der Waals surface area (Å²) in [6.45, 7) is 2.90. The van der Waals surface area contributed by atoms with E-state index in [-0.39, 0.29) is 11.8 Å². The Morgan fingerprint density at radius 2 is 2.21 bits per heavy atom. The second-order valence-electron chi connectivity index (χ2n) is 4.23. The summed E-state index contributed by atoms with van der Waals surface area (Å²) in [6, 6.07) is 7.65. The van der Waals surface area contributed by atoms with Crippen molar-refractivity contribution in [1.29, 1.82) is 0 Å². The number of nitrogens with one attached hydrogen (secondary N) is 1. The van der Waals surface area contributed by atoms with Crippen LogP contribution in [0.15, 0.2) is 34.1 Å². The Hall–Kier alpha value is -1.04. The molecular weight excluding hydrogens is 326 g/mol. The van der Waals surface area contributed by atoms with Crippen molar-refractivity contribution in [2.24, 2.45) is 0 Å². The van der Waals surface area contributed by atoms with E-state index in [1.807, 2.05) is 12.1 Å². The highest BCUT2D eigenvalue weighted by atomic mass is 79.9. The minimum atomic E-state index is 0.166. The van der Waals surface area contributed by atoms with Crippen molar-refractivity contribution in [3.8, 4) is 11.5 Å². The Labute approximate surface area is 125 Å². The zero-order valence-electron chi connectivity index (χ0n) is 10.8. The summed E-state index contributed by atoms with van der Waals surface area (Å²) in [5.74, 6) is 0.669. The van der Waals surface area contributed by atoms with Crippen LogP contribution in [0.5, 0.6) is 11.5 Å². The molecule has 0 spiro atoms. The highest BCUT2D eigenvalue weighted by Crippen LogP contribution is 2.29. The predicted molar refractivity (Wildman–Crippen MR) is 81.9 cm³/mol. The molecule has 2 N–H and O–H groups in total. The standard InChI is InChI=1S/C14H16BrNO2S/c1-9(16-8-14-11(15)5-6-19-14)10-3-4-12(17)13(7-10)18-2/h3-7,9,16-17H,8H2,1-2H3. The number of phenols is 1. The topological polar surface area (TPSA) is 41.5 Å². The quantitative estimate of drug-likeness (QED) is 0.860. The number of rotatable bonds is 5. The fourth-order valence-corrected chi connectivity index (χ4v) is 3.22. The monoisotopic (exact) mass is 341 g/mol. The molecule has 0 amide bonds. The molecule has 1 aromatic heterocycles. The molecule has 1 atom stereocenters. The zero-order valence-corrected chi connectivity index (χ0v) is 13.2. The highest BCUT2D eigenvalue weighted by molar-refractivity contribution is 9.10. The summed E-state index contributed by atoms with van der Waals surface area (Å²) in [7, 11) is 1.56. The van der Waals surface area contributed by atoms with Crippen molar-refractivity contribution < 1.29 is 9.84 Å². The van der Waals surface area contributed by atoms with Crippen LogP contribution >= 0.6 is 27.3 Å². The van der Waals surface area contributed by atoms with Crippen LogP contribution in [-0.2, 0) is 6.54 Å². The van der Waals surface area contributed by atoms with Gasteiger partial charge in [-0.3, -0.25) is 0 Å². The van der Waals surface area contributed by atoms with E-state index < -0.39 is 0 Å². The first-order valence-electron chi connectivity index (χ1n) is 5.94. The lowest BCUT2D eigenvalue weighted by molar-refractivity contribution is 0.372. The number of ether oxygens (including phenoxy) is 1. The number of benzene rings is 1. The number of hydrogen-bond donors (Lipinski definition) is 2. The molecule has 0 saturated carbocycles.